The highest BCUT2D eigenvalue weighted by molar-refractivity contribution is 5.92. The van der Waals surface area contributed by atoms with Crippen LogP contribution in [0.4, 0.5) is 16.0 Å². The fourth-order valence-corrected chi connectivity index (χ4v) is 3.49. The van der Waals surface area contributed by atoms with Gasteiger partial charge >= 0.3 is 0 Å². The highest BCUT2D eigenvalue weighted by Crippen LogP contribution is 2.26. The predicted molar refractivity (Wildman–Crippen MR) is 115 cm³/mol. The van der Waals surface area contributed by atoms with Crippen LogP contribution in [0.5, 0.6) is 0 Å². The first-order valence-electron chi connectivity index (χ1n) is 9.93. The van der Waals surface area contributed by atoms with E-state index in [0.717, 1.165) is 22.5 Å². The van der Waals surface area contributed by atoms with Crippen molar-refractivity contribution >= 4 is 17.5 Å². The zero-order valence-electron chi connectivity index (χ0n) is 17.1. The Morgan fingerprint density at radius 1 is 1.26 bits per heavy atom. The predicted octanol–water partition coefficient (Wildman–Crippen LogP) is 2.58. The van der Waals surface area contributed by atoms with E-state index in [9.17, 15) is 9.18 Å². The van der Waals surface area contributed by atoms with Gasteiger partial charge in [0.05, 0.1) is 24.5 Å². The van der Waals surface area contributed by atoms with Gasteiger partial charge in [0.25, 0.3) is 0 Å². The average molecular weight is 422 g/mol. The maximum Gasteiger partial charge on any atom is 0.238 e. The summed E-state index contributed by atoms with van der Waals surface area (Å²) in [4.78, 5) is 27.1. The quantitative estimate of drug-likeness (QED) is 0.651. The number of morpholine rings is 1. The Morgan fingerprint density at radius 3 is 2.81 bits per heavy atom. The van der Waals surface area contributed by atoms with Gasteiger partial charge in [-0.25, -0.2) is 14.4 Å². The summed E-state index contributed by atoms with van der Waals surface area (Å²) in [7, 11) is 0. The van der Waals surface area contributed by atoms with Crippen LogP contribution in [0.25, 0.3) is 11.1 Å². The van der Waals surface area contributed by atoms with E-state index in [-0.39, 0.29) is 30.2 Å². The number of benzene rings is 1. The molecule has 0 aliphatic carbocycles. The largest absolute Gasteiger partial charge is 0.369 e. The molecular formula is C22H23FN6O2. The molecule has 8 nitrogen and oxygen atoms in total. The molecule has 3 N–H and O–H groups in total. The number of aryl methyl sites for hydroxylation is 1. The fraction of sp³-hybridized carbons (Fsp3) is 0.273. The van der Waals surface area contributed by atoms with Crippen molar-refractivity contribution in [3.63, 3.8) is 0 Å². The number of pyridine rings is 1. The molecule has 3 heterocycles. The number of aromatic nitrogens is 3. The minimum absolute atomic E-state index is 0.138. The third-order valence-corrected chi connectivity index (χ3v) is 4.97. The first-order valence-corrected chi connectivity index (χ1v) is 9.93. The zero-order valence-corrected chi connectivity index (χ0v) is 17.1. The van der Waals surface area contributed by atoms with Gasteiger partial charge in [0.1, 0.15) is 11.9 Å². The van der Waals surface area contributed by atoms with E-state index < -0.39 is 5.82 Å². The van der Waals surface area contributed by atoms with Gasteiger partial charge in [-0.15, -0.1) is 0 Å². The van der Waals surface area contributed by atoms with Crippen molar-refractivity contribution in [2.24, 2.45) is 0 Å². The first kappa shape index (κ1) is 20.8. The highest BCUT2D eigenvalue weighted by atomic mass is 19.1. The monoisotopic (exact) mass is 422 g/mol. The van der Waals surface area contributed by atoms with Crippen LogP contribution < -0.4 is 11.1 Å². The lowest BCUT2D eigenvalue weighted by atomic mass is 10.1. The molecule has 3 aromatic rings. The SMILES string of the molecule is Cc1cc(-c2cnc(N)nc2)cc(C2CN(CC(=O)Nc3ccccc3F)CCO2)n1. The van der Waals surface area contributed by atoms with E-state index in [4.69, 9.17) is 10.5 Å². The third kappa shape index (κ3) is 5.19. The number of carbonyl (C=O) groups is 1. The number of ether oxygens (including phenoxy) is 1. The summed E-state index contributed by atoms with van der Waals surface area (Å²) in [6.45, 7) is 3.62. The Balaban J connectivity index is 1.45. The molecule has 31 heavy (non-hydrogen) atoms. The number of hydrogen-bond acceptors (Lipinski definition) is 7. The molecule has 0 spiro atoms. The topological polar surface area (TPSA) is 106 Å². The third-order valence-electron chi connectivity index (χ3n) is 4.97. The number of halogens is 1. The number of anilines is 2. The second-order valence-corrected chi connectivity index (χ2v) is 7.37. The second kappa shape index (κ2) is 9.15. The maximum absolute atomic E-state index is 13.8. The molecule has 0 bridgehead atoms. The van der Waals surface area contributed by atoms with Gasteiger partial charge in [-0.05, 0) is 36.8 Å². The van der Waals surface area contributed by atoms with Crippen LogP contribution in [0.15, 0.2) is 48.8 Å². The van der Waals surface area contributed by atoms with Crippen LogP contribution in [0.1, 0.15) is 17.5 Å². The molecule has 2 aromatic heterocycles. The number of nitrogens with two attached hydrogens (primary N) is 1. The number of para-hydroxylation sites is 1. The lowest BCUT2D eigenvalue weighted by molar-refractivity contribution is -0.119. The van der Waals surface area contributed by atoms with Crippen molar-refractivity contribution in [1.29, 1.82) is 0 Å². The summed E-state index contributed by atoms with van der Waals surface area (Å²) in [5, 5.41) is 2.62. The van der Waals surface area contributed by atoms with E-state index in [1.165, 1.54) is 12.1 Å². The summed E-state index contributed by atoms with van der Waals surface area (Å²) in [6, 6.07) is 9.99. The number of rotatable bonds is 5. The number of nitrogen functional groups attached to an aromatic ring is 1. The van der Waals surface area contributed by atoms with Gasteiger partial charge in [-0.1, -0.05) is 12.1 Å². The lowest BCUT2D eigenvalue weighted by Crippen LogP contribution is -2.42. The molecule has 4 rings (SSSR count). The van der Waals surface area contributed by atoms with Crippen LogP contribution in [0.2, 0.25) is 0 Å². The molecule has 160 valence electrons. The standard InChI is InChI=1S/C22H23FN6O2/c1-14-8-15(16-10-25-22(24)26-11-16)9-19(27-14)20-12-29(6-7-31-20)13-21(30)28-18-5-3-2-4-17(18)23/h2-5,8-11,20H,6-7,12-13H2,1H3,(H,28,30)(H2,24,25,26). The van der Waals surface area contributed by atoms with Crippen LogP contribution >= 0.6 is 0 Å². The van der Waals surface area contributed by atoms with Crippen molar-refractivity contribution in [1.82, 2.24) is 19.9 Å². The van der Waals surface area contributed by atoms with Gasteiger partial charge in [0.15, 0.2) is 0 Å². The Hall–Kier alpha value is -3.43. The zero-order chi connectivity index (χ0) is 21.8. The molecule has 1 saturated heterocycles. The van der Waals surface area contributed by atoms with Gasteiger partial charge in [0.2, 0.25) is 11.9 Å². The van der Waals surface area contributed by atoms with Gasteiger partial charge in [-0.3, -0.25) is 14.7 Å². The van der Waals surface area contributed by atoms with Crippen LogP contribution in [0.3, 0.4) is 0 Å². The number of amides is 1. The van der Waals surface area contributed by atoms with Crippen molar-refractivity contribution in [2.45, 2.75) is 13.0 Å². The lowest BCUT2D eigenvalue weighted by Gasteiger charge is -2.32. The molecule has 1 aromatic carbocycles. The molecule has 9 heteroatoms. The fourth-order valence-electron chi connectivity index (χ4n) is 3.49. The smallest absolute Gasteiger partial charge is 0.238 e. The second-order valence-electron chi connectivity index (χ2n) is 7.37. The first-order chi connectivity index (χ1) is 15.0. The Labute approximate surface area is 179 Å². The molecule has 1 aliphatic heterocycles. The highest BCUT2D eigenvalue weighted by Gasteiger charge is 2.25. The van der Waals surface area contributed by atoms with E-state index in [1.54, 1.807) is 24.5 Å². The molecule has 1 aliphatic rings. The van der Waals surface area contributed by atoms with Gasteiger partial charge < -0.3 is 15.8 Å². The molecular weight excluding hydrogens is 399 g/mol. The molecule has 0 radical (unpaired) electrons. The number of nitrogens with zero attached hydrogens (tertiary/aromatic N) is 4. The van der Waals surface area contributed by atoms with Crippen molar-refractivity contribution in [2.75, 3.05) is 37.3 Å². The normalized spacial score (nSPS) is 16.8. The van der Waals surface area contributed by atoms with E-state index in [1.807, 2.05) is 24.0 Å². The van der Waals surface area contributed by atoms with Gasteiger partial charge in [0, 0.05) is 36.7 Å². The molecule has 1 fully saturated rings. The minimum Gasteiger partial charge on any atom is -0.369 e. The van der Waals surface area contributed by atoms with Crippen molar-refractivity contribution in [3.8, 4) is 11.1 Å². The Bertz CT molecular complexity index is 1080. The van der Waals surface area contributed by atoms with E-state index in [2.05, 4.69) is 20.3 Å². The summed E-state index contributed by atoms with van der Waals surface area (Å²) in [6.07, 6.45) is 3.05. The number of carbonyl (C=O) groups excluding carboxylic acids is 1. The minimum atomic E-state index is -0.459. The van der Waals surface area contributed by atoms with Crippen molar-refractivity contribution < 1.29 is 13.9 Å². The summed E-state index contributed by atoms with van der Waals surface area (Å²) in [5.74, 6) is -0.517. The molecule has 1 unspecified atom stereocenters. The maximum atomic E-state index is 13.8. The molecule has 1 amide bonds. The summed E-state index contributed by atoms with van der Waals surface area (Å²) >= 11 is 0. The summed E-state index contributed by atoms with van der Waals surface area (Å²) in [5.41, 5.74) is 9.11. The van der Waals surface area contributed by atoms with Crippen LogP contribution in [-0.4, -0.2) is 52.0 Å². The van der Waals surface area contributed by atoms with E-state index >= 15 is 0 Å². The van der Waals surface area contributed by atoms with E-state index in [0.29, 0.717) is 19.7 Å². The average Bonchev–Trinajstić information content (AvgIpc) is 2.75. The van der Waals surface area contributed by atoms with Crippen LogP contribution in [0, 0.1) is 12.7 Å². The number of nitrogens with one attached hydrogen (secondary N) is 1. The number of hydrogen-bond donors (Lipinski definition) is 2. The Kier molecular flexibility index (Phi) is 6.15. The van der Waals surface area contributed by atoms with Crippen molar-refractivity contribution in [3.05, 3.63) is 66.0 Å². The molecule has 0 saturated carbocycles. The Morgan fingerprint density at radius 2 is 2.03 bits per heavy atom. The summed E-state index contributed by atoms with van der Waals surface area (Å²) < 4.78 is 19.7. The van der Waals surface area contributed by atoms with Gasteiger partial charge in [-0.2, -0.15) is 0 Å². The van der Waals surface area contributed by atoms with Crippen LogP contribution in [-0.2, 0) is 9.53 Å². The molecule has 1 atom stereocenters.